The molecule has 34 heavy (non-hydrogen) atoms. The van der Waals surface area contributed by atoms with Gasteiger partial charge in [0.2, 0.25) is 0 Å². The second-order valence-corrected chi connectivity index (χ2v) is 8.91. The van der Waals surface area contributed by atoms with Gasteiger partial charge in [-0.3, -0.25) is 19.7 Å². The first-order valence-electron chi connectivity index (χ1n) is 10.5. The highest BCUT2D eigenvalue weighted by Crippen LogP contribution is 2.43. The average molecular weight is 516 g/mol. The maximum atomic E-state index is 13.5. The van der Waals surface area contributed by atoms with Gasteiger partial charge in [-0.1, -0.05) is 46.3 Å². The van der Waals surface area contributed by atoms with Crippen LogP contribution >= 0.6 is 15.9 Å². The number of carbonyl (C=O) groups excluding carboxylic acids is 2. The smallest absolute Gasteiger partial charge is 0.294 e. The van der Waals surface area contributed by atoms with Crippen LogP contribution in [0.15, 0.2) is 71.2 Å². The Kier molecular flexibility index (Phi) is 5.17. The molecule has 1 aliphatic heterocycles. The number of benzene rings is 4. The molecule has 0 bridgehead atoms. The zero-order valence-corrected chi connectivity index (χ0v) is 19.8. The summed E-state index contributed by atoms with van der Waals surface area (Å²) in [5, 5.41) is 16.2. The normalized spacial score (nSPS) is 12.9. The zero-order chi connectivity index (χ0) is 24.1. The fraction of sp³-hybridized carbons (Fsp3) is 0.0769. The third kappa shape index (κ3) is 3.26. The number of anilines is 3. The highest BCUT2D eigenvalue weighted by atomic mass is 79.9. The number of nitrogens with one attached hydrogen (secondary N) is 1. The van der Waals surface area contributed by atoms with Crippen LogP contribution in [0.4, 0.5) is 22.7 Å². The highest BCUT2D eigenvalue weighted by molar-refractivity contribution is 9.10. The molecule has 0 aliphatic carbocycles. The number of hydrogen-bond acceptors (Lipinski definition) is 5. The van der Waals surface area contributed by atoms with Gasteiger partial charge in [0.25, 0.3) is 17.5 Å². The standard InChI is InChI=1S/C26H18BrN3O4/c1-14-15(2)21(12-11-20(14)27)28-24-17-9-6-10-18-23(17)19(13-22(24)30(33)34)26(32)29(25(18)31)16-7-4-3-5-8-16/h3-13,28H,1-2H3. The summed E-state index contributed by atoms with van der Waals surface area (Å²) in [5.41, 5.74) is 3.47. The van der Waals surface area contributed by atoms with E-state index in [1.54, 1.807) is 48.5 Å². The Morgan fingerprint density at radius 1 is 0.882 bits per heavy atom. The van der Waals surface area contributed by atoms with Crippen molar-refractivity contribution in [1.82, 2.24) is 0 Å². The van der Waals surface area contributed by atoms with Crippen LogP contribution in [0.1, 0.15) is 31.8 Å². The van der Waals surface area contributed by atoms with Gasteiger partial charge < -0.3 is 5.32 Å². The summed E-state index contributed by atoms with van der Waals surface area (Å²) in [6, 6.07) is 18.5. The van der Waals surface area contributed by atoms with E-state index in [0.717, 1.165) is 20.5 Å². The van der Waals surface area contributed by atoms with Crippen molar-refractivity contribution in [1.29, 1.82) is 0 Å². The number of nitrogens with zero attached hydrogens (tertiary/aromatic N) is 2. The van der Waals surface area contributed by atoms with Gasteiger partial charge in [0.15, 0.2) is 0 Å². The van der Waals surface area contributed by atoms with Gasteiger partial charge in [0, 0.05) is 32.6 Å². The molecule has 1 N–H and O–H groups in total. The third-order valence-electron chi connectivity index (χ3n) is 6.20. The molecule has 7 nitrogen and oxygen atoms in total. The predicted octanol–water partition coefficient (Wildman–Crippen LogP) is 6.67. The summed E-state index contributed by atoms with van der Waals surface area (Å²) in [6.07, 6.45) is 0. The van der Waals surface area contributed by atoms with Crippen LogP contribution < -0.4 is 10.2 Å². The summed E-state index contributed by atoms with van der Waals surface area (Å²) in [4.78, 5) is 39.5. The topological polar surface area (TPSA) is 92.6 Å². The Hall–Kier alpha value is -4.04. The summed E-state index contributed by atoms with van der Waals surface area (Å²) in [5.74, 6) is -1.06. The average Bonchev–Trinajstić information content (AvgIpc) is 2.83. The van der Waals surface area contributed by atoms with Crippen molar-refractivity contribution < 1.29 is 14.5 Å². The summed E-state index contributed by atoms with van der Waals surface area (Å²) >= 11 is 3.50. The first kappa shape index (κ1) is 21.8. The van der Waals surface area contributed by atoms with Gasteiger partial charge in [-0.05, 0) is 55.3 Å². The lowest BCUT2D eigenvalue weighted by Crippen LogP contribution is -2.40. The molecule has 2 amide bonds. The minimum atomic E-state index is -0.592. The van der Waals surface area contributed by atoms with E-state index in [-0.39, 0.29) is 16.9 Å². The molecule has 1 heterocycles. The van der Waals surface area contributed by atoms with E-state index in [4.69, 9.17) is 0 Å². The van der Waals surface area contributed by atoms with Crippen LogP contribution in [0, 0.1) is 24.0 Å². The minimum absolute atomic E-state index is 0.120. The number of halogens is 1. The van der Waals surface area contributed by atoms with Crippen LogP contribution in [0.25, 0.3) is 10.8 Å². The molecular formula is C26H18BrN3O4. The number of nitro benzene ring substituents is 1. The van der Waals surface area contributed by atoms with Crippen molar-refractivity contribution >= 4 is 61.3 Å². The lowest BCUT2D eigenvalue weighted by Gasteiger charge is -2.28. The lowest BCUT2D eigenvalue weighted by molar-refractivity contribution is -0.383. The number of carbonyl (C=O) groups is 2. The van der Waals surface area contributed by atoms with Gasteiger partial charge in [0.05, 0.1) is 16.2 Å². The Labute approximate surface area is 203 Å². The van der Waals surface area contributed by atoms with Gasteiger partial charge in [-0.2, -0.15) is 0 Å². The molecule has 5 rings (SSSR count). The van der Waals surface area contributed by atoms with Crippen molar-refractivity contribution in [2.45, 2.75) is 13.8 Å². The fourth-order valence-corrected chi connectivity index (χ4v) is 4.72. The molecule has 0 fully saturated rings. The molecule has 0 aromatic heterocycles. The van der Waals surface area contributed by atoms with E-state index in [0.29, 0.717) is 27.7 Å². The Bertz CT molecular complexity index is 1530. The van der Waals surface area contributed by atoms with E-state index in [2.05, 4.69) is 21.2 Å². The van der Waals surface area contributed by atoms with Crippen LogP contribution in [0.3, 0.4) is 0 Å². The van der Waals surface area contributed by atoms with Crippen molar-refractivity contribution in [3.63, 3.8) is 0 Å². The summed E-state index contributed by atoms with van der Waals surface area (Å²) in [6.45, 7) is 3.87. The highest BCUT2D eigenvalue weighted by Gasteiger charge is 2.37. The maximum Gasteiger partial charge on any atom is 0.294 e. The van der Waals surface area contributed by atoms with Crippen LogP contribution in [-0.2, 0) is 0 Å². The first-order chi connectivity index (χ1) is 16.3. The van der Waals surface area contributed by atoms with Crippen molar-refractivity contribution in [3.8, 4) is 0 Å². The van der Waals surface area contributed by atoms with E-state index in [1.165, 1.54) is 6.07 Å². The number of nitro groups is 1. The Balaban J connectivity index is 1.77. The van der Waals surface area contributed by atoms with Crippen molar-refractivity contribution in [2.75, 3.05) is 10.2 Å². The summed E-state index contributed by atoms with van der Waals surface area (Å²) in [7, 11) is 0. The molecular weight excluding hydrogens is 498 g/mol. The van der Waals surface area contributed by atoms with Crippen molar-refractivity contribution in [2.24, 2.45) is 0 Å². The molecule has 0 unspecified atom stereocenters. The second-order valence-electron chi connectivity index (χ2n) is 8.05. The monoisotopic (exact) mass is 515 g/mol. The third-order valence-corrected chi connectivity index (χ3v) is 7.06. The Morgan fingerprint density at radius 2 is 1.59 bits per heavy atom. The second kappa shape index (κ2) is 8.07. The molecule has 0 atom stereocenters. The van der Waals surface area contributed by atoms with E-state index < -0.39 is 16.7 Å². The van der Waals surface area contributed by atoms with Gasteiger partial charge in [-0.15, -0.1) is 0 Å². The quantitative estimate of drug-likeness (QED) is 0.186. The number of para-hydroxylation sites is 1. The SMILES string of the molecule is Cc1c(Br)ccc(Nc2c([N+](=O)[O-])cc3c4c(cccc24)C(=O)N(c2ccccc2)C3=O)c1C. The molecule has 0 spiro atoms. The molecule has 8 heteroatoms. The van der Waals surface area contributed by atoms with Crippen LogP contribution in [0.2, 0.25) is 0 Å². The van der Waals surface area contributed by atoms with E-state index >= 15 is 0 Å². The first-order valence-corrected chi connectivity index (χ1v) is 11.3. The van der Waals surface area contributed by atoms with Crippen LogP contribution in [0.5, 0.6) is 0 Å². The Morgan fingerprint density at radius 3 is 2.29 bits per heavy atom. The molecule has 4 aromatic carbocycles. The maximum absolute atomic E-state index is 13.5. The zero-order valence-electron chi connectivity index (χ0n) is 18.3. The molecule has 0 saturated carbocycles. The number of rotatable bonds is 4. The van der Waals surface area contributed by atoms with Gasteiger partial charge in [-0.25, -0.2) is 4.90 Å². The molecule has 168 valence electrons. The number of hydrogen-bond donors (Lipinski definition) is 1. The van der Waals surface area contributed by atoms with Crippen LogP contribution in [-0.4, -0.2) is 16.7 Å². The molecule has 1 aliphatic rings. The van der Waals surface area contributed by atoms with Gasteiger partial charge in [0.1, 0.15) is 5.69 Å². The molecule has 0 saturated heterocycles. The fourth-order valence-electron chi connectivity index (χ4n) is 4.29. The molecule has 4 aromatic rings. The van der Waals surface area contributed by atoms with Gasteiger partial charge >= 0.3 is 0 Å². The van der Waals surface area contributed by atoms with E-state index in [9.17, 15) is 19.7 Å². The number of amides is 2. The van der Waals surface area contributed by atoms with Crippen molar-refractivity contribution in [3.05, 3.63) is 104 Å². The largest absolute Gasteiger partial charge is 0.349 e. The minimum Gasteiger partial charge on any atom is -0.349 e. The van der Waals surface area contributed by atoms with E-state index in [1.807, 2.05) is 26.0 Å². The summed E-state index contributed by atoms with van der Waals surface area (Å²) < 4.78 is 0.930. The predicted molar refractivity (Wildman–Crippen MR) is 135 cm³/mol. The lowest BCUT2D eigenvalue weighted by atomic mass is 9.91. The molecule has 0 radical (unpaired) electrons. The number of imide groups is 1.